The first-order valence-electron chi connectivity index (χ1n) is 5.37. The Bertz CT molecular complexity index is 163. The van der Waals surface area contributed by atoms with Crippen LogP contribution in [-0.4, -0.2) is 73.9 Å². The molecule has 4 heteroatoms. The van der Waals surface area contributed by atoms with E-state index in [4.69, 9.17) is 0 Å². The molecule has 0 saturated carbocycles. The predicted octanol–water partition coefficient (Wildman–Crippen LogP) is -0.797. The van der Waals surface area contributed by atoms with E-state index >= 15 is 0 Å². The van der Waals surface area contributed by atoms with Gasteiger partial charge in [0.15, 0.2) is 0 Å². The monoisotopic (exact) mass is 201 g/mol. The van der Waals surface area contributed by atoms with E-state index in [0.29, 0.717) is 12.1 Å². The van der Waals surface area contributed by atoms with Crippen molar-refractivity contribution >= 4 is 0 Å². The normalized spacial score (nSPS) is 29.8. The number of aliphatic hydroxyl groups excluding tert-OH is 1. The molecule has 4 nitrogen and oxygen atoms in total. The number of nitrogens with zero attached hydrogens (tertiary/aromatic N) is 2. The van der Waals surface area contributed by atoms with Crippen molar-refractivity contribution in [3.05, 3.63) is 0 Å². The van der Waals surface area contributed by atoms with Crippen LogP contribution in [0.1, 0.15) is 6.92 Å². The van der Waals surface area contributed by atoms with Crippen molar-refractivity contribution in [2.24, 2.45) is 0 Å². The van der Waals surface area contributed by atoms with Crippen molar-refractivity contribution < 1.29 is 5.11 Å². The first-order valence-corrected chi connectivity index (χ1v) is 5.37. The molecule has 14 heavy (non-hydrogen) atoms. The SMILES string of the molecule is CC1CNCC(CO)N1CCN(C)C. The van der Waals surface area contributed by atoms with Crippen LogP contribution >= 0.6 is 0 Å². The van der Waals surface area contributed by atoms with Crippen LogP contribution in [0.25, 0.3) is 0 Å². The topological polar surface area (TPSA) is 38.7 Å². The molecule has 0 aromatic rings. The molecule has 1 heterocycles. The lowest BCUT2D eigenvalue weighted by Crippen LogP contribution is -2.58. The lowest BCUT2D eigenvalue weighted by molar-refractivity contribution is 0.0579. The predicted molar refractivity (Wildman–Crippen MR) is 58.5 cm³/mol. The maximum absolute atomic E-state index is 9.25. The van der Waals surface area contributed by atoms with Crippen LogP contribution in [0.3, 0.4) is 0 Å². The molecule has 0 aromatic carbocycles. The standard InChI is InChI=1S/C10H23N3O/c1-9-6-11-7-10(8-14)13(9)5-4-12(2)3/h9-11,14H,4-8H2,1-3H3. The molecule has 1 saturated heterocycles. The number of nitrogens with one attached hydrogen (secondary N) is 1. The molecule has 0 radical (unpaired) electrons. The first-order chi connectivity index (χ1) is 6.65. The van der Waals surface area contributed by atoms with E-state index in [9.17, 15) is 5.11 Å². The summed E-state index contributed by atoms with van der Waals surface area (Å²) in [6, 6.07) is 0.819. The van der Waals surface area contributed by atoms with Crippen molar-refractivity contribution in [1.82, 2.24) is 15.1 Å². The van der Waals surface area contributed by atoms with Crippen LogP contribution < -0.4 is 5.32 Å². The first kappa shape index (κ1) is 11.9. The average molecular weight is 201 g/mol. The summed E-state index contributed by atoms with van der Waals surface area (Å²) in [7, 11) is 4.17. The van der Waals surface area contributed by atoms with Gasteiger partial charge in [0.2, 0.25) is 0 Å². The van der Waals surface area contributed by atoms with Gasteiger partial charge in [-0.3, -0.25) is 4.90 Å². The van der Waals surface area contributed by atoms with E-state index < -0.39 is 0 Å². The lowest BCUT2D eigenvalue weighted by Gasteiger charge is -2.40. The second-order valence-corrected chi connectivity index (χ2v) is 4.38. The fourth-order valence-electron chi connectivity index (χ4n) is 1.94. The molecule has 1 fully saturated rings. The largest absolute Gasteiger partial charge is 0.395 e. The van der Waals surface area contributed by atoms with E-state index in [0.717, 1.165) is 26.2 Å². The molecule has 1 rings (SSSR count). The van der Waals surface area contributed by atoms with E-state index in [2.05, 4.69) is 36.1 Å². The minimum absolute atomic E-state index is 0.255. The Labute approximate surface area is 86.9 Å². The fraction of sp³-hybridized carbons (Fsp3) is 1.00. The zero-order chi connectivity index (χ0) is 10.6. The molecule has 2 unspecified atom stereocenters. The molecule has 2 atom stereocenters. The Hall–Kier alpha value is -0.160. The van der Waals surface area contributed by atoms with Gasteiger partial charge in [-0.05, 0) is 21.0 Å². The van der Waals surface area contributed by atoms with Crippen molar-refractivity contribution in [3.8, 4) is 0 Å². The van der Waals surface area contributed by atoms with Gasteiger partial charge in [0.05, 0.1) is 6.61 Å². The van der Waals surface area contributed by atoms with Gasteiger partial charge in [-0.1, -0.05) is 0 Å². The van der Waals surface area contributed by atoms with Crippen LogP contribution in [0, 0.1) is 0 Å². The van der Waals surface area contributed by atoms with Crippen molar-refractivity contribution in [2.75, 3.05) is 46.9 Å². The van der Waals surface area contributed by atoms with Crippen LogP contribution in [0.4, 0.5) is 0 Å². The molecular formula is C10H23N3O. The van der Waals surface area contributed by atoms with Crippen LogP contribution in [0.2, 0.25) is 0 Å². The minimum Gasteiger partial charge on any atom is -0.395 e. The Morgan fingerprint density at radius 1 is 1.43 bits per heavy atom. The van der Waals surface area contributed by atoms with E-state index in [1.54, 1.807) is 0 Å². The Kier molecular flexibility index (Phi) is 4.81. The van der Waals surface area contributed by atoms with Crippen LogP contribution in [-0.2, 0) is 0 Å². The van der Waals surface area contributed by atoms with Gasteiger partial charge in [-0.15, -0.1) is 0 Å². The number of rotatable bonds is 4. The van der Waals surface area contributed by atoms with Gasteiger partial charge in [0, 0.05) is 38.3 Å². The summed E-state index contributed by atoms with van der Waals surface area (Å²) in [6.45, 7) is 6.51. The molecule has 0 amide bonds. The summed E-state index contributed by atoms with van der Waals surface area (Å²) in [6.07, 6.45) is 0. The molecule has 2 N–H and O–H groups in total. The molecular weight excluding hydrogens is 178 g/mol. The number of piperazine rings is 1. The van der Waals surface area contributed by atoms with Crippen LogP contribution in [0.5, 0.6) is 0 Å². The van der Waals surface area contributed by atoms with Crippen molar-refractivity contribution in [3.63, 3.8) is 0 Å². The summed E-state index contributed by atoms with van der Waals surface area (Å²) in [5.74, 6) is 0. The van der Waals surface area contributed by atoms with Gasteiger partial charge >= 0.3 is 0 Å². The molecule has 84 valence electrons. The Morgan fingerprint density at radius 3 is 2.71 bits per heavy atom. The quantitative estimate of drug-likeness (QED) is 0.625. The number of hydrogen-bond acceptors (Lipinski definition) is 4. The number of hydrogen-bond donors (Lipinski definition) is 2. The van der Waals surface area contributed by atoms with E-state index in [-0.39, 0.29) is 6.61 Å². The minimum atomic E-state index is 0.255. The highest BCUT2D eigenvalue weighted by molar-refractivity contribution is 4.84. The number of aliphatic hydroxyl groups is 1. The summed E-state index contributed by atoms with van der Waals surface area (Å²) in [4.78, 5) is 4.58. The maximum atomic E-state index is 9.25. The molecule has 1 aliphatic heterocycles. The summed E-state index contributed by atoms with van der Waals surface area (Å²) < 4.78 is 0. The summed E-state index contributed by atoms with van der Waals surface area (Å²) in [5, 5.41) is 12.6. The van der Waals surface area contributed by atoms with Gasteiger partial charge in [0.1, 0.15) is 0 Å². The highest BCUT2D eigenvalue weighted by Crippen LogP contribution is 2.08. The van der Waals surface area contributed by atoms with E-state index in [1.165, 1.54) is 0 Å². The van der Waals surface area contributed by atoms with Crippen LogP contribution in [0.15, 0.2) is 0 Å². The Morgan fingerprint density at radius 2 is 2.14 bits per heavy atom. The molecule has 0 aliphatic carbocycles. The second-order valence-electron chi connectivity index (χ2n) is 4.38. The highest BCUT2D eigenvalue weighted by Gasteiger charge is 2.26. The van der Waals surface area contributed by atoms with Crippen molar-refractivity contribution in [1.29, 1.82) is 0 Å². The zero-order valence-corrected chi connectivity index (χ0v) is 9.53. The van der Waals surface area contributed by atoms with Gasteiger partial charge < -0.3 is 15.3 Å². The maximum Gasteiger partial charge on any atom is 0.0599 e. The van der Waals surface area contributed by atoms with Gasteiger partial charge in [-0.2, -0.15) is 0 Å². The zero-order valence-electron chi connectivity index (χ0n) is 9.53. The third kappa shape index (κ3) is 3.20. The average Bonchev–Trinajstić information content (AvgIpc) is 2.15. The molecule has 0 spiro atoms. The molecule has 0 bridgehead atoms. The lowest BCUT2D eigenvalue weighted by atomic mass is 10.1. The Balaban J connectivity index is 2.42. The smallest absolute Gasteiger partial charge is 0.0599 e. The third-order valence-electron chi connectivity index (χ3n) is 2.87. The van der Waals surface area contributed by atoms with Gasteiger partial charge in [0.25, 0.3) is 0 Å². The highest BCUT2D eigenvalue weighted by atomic mass is 16.3. The third-order valence-corrected chi connectivity index (χ3v) is 2.87. The number of likely N-dealkylation sites (N-methyl/N-ethyl adjacent to an activating group) is 1. The van der Waals surface area contributed by atoms with Gasteiger partial charge in [-0.25, -0.2) is 0 Å². The fourth-order valence-corrected chi connectivity index (χ4v) is 1.94. The molecule has 0 aromatic heterocycles. The molecule has 1 aliphatic rings. The summed E-state index contributed by atoms with van der Waals surface area (Å²) in [5.41, 5.74) is 0. The van der Waals surface area contributed by atoms with E-state index in [1.807, 2.05) is 0 Å². The van der Waals surface area contributed by atoms with Crippen molar-refractivity contribution in [2.45, 2.75) is 19.0 Å². The second kappa shape index (κ2) is 5.66. The summed E-state index contributed by atoms with van der Waals surface area (Å²) >= 11 is 0.